The first-order chi connectivity index (χ1) is 25.9. The van der Waals surface area contributed by atoms with Crippen molar-refractivity contribution >= 4 is 78.8 Å². The van der Waals surface area contributed by atoms with Gasteiger partial charge in [-0.25, -0.2) is 4.79 Å². The number of nitrogens with one attached hydrogen (secondary N) is 2. The fraction of sp³-hybridized carbons (Fsp3) is 0.0263. The summed E-state index contributed by atoms with van der Waals surface area (Å²) in [6, 6.07) is 29.4. The molecule has 0 saturated carbocycles. The van der Waals surface area contributed by atoms with Gasteiger partial charge in [-0.15, -0.1) is 10.2 Å². The van der Waals surface area contributed by atoms with E-state index in [-0.39, 0.29) is 69.3 Å². The molecule has 0 atom stereocenters. The van der Waals surface area contributed by atoms with Crippen LogP contribution in [0.25, 0.3) is 11.1 Å². The van der Waals surface area contributed by atoms with Crippen molar-refractivity contribution in [3.63, 3.8) is 0 Å². The van der Waals surface area contributed by atoms with Crippen LogP contribution < -0.4 is 51.8 Å². The number of benzene rings is 5. The van der Waals surface area contributed by atoms with E-state index in [4.69, 9.17) is 16.6 Å². The number of hydrogen-bond donors (Lipinski definition) is 6. The van der Waals surface area contributed by atoms with Crippen molar-refractivity contribution in [1.82, 2.24) is 0 Å². The number of nitrogens with two attached hydrogens (primary N) is 2. The topological polar surface area (TPSA) is 247 Å². The monoisotopic (exact) mass is 764 g/mol. The molecule has 0 heterocycles. The molecule has 0 fully saturated rings. The van der Waals surface area contributed by atoms with Crippen LogP contribution in [0.4, 0.5) is 51.2 Å². The standard InChI is InChI=1S/C38H31N9O6S.Na/c1-22-19-32(36(40)37(35(22)39)47-45-29-15-17-31(34(21-29)54(51,52)53)41-25-5-3-2-4-6-25)46-43-27-13-9-24(10-14-27)23-7-11-26(12-8-23)42-44-28-16-18-33(48)30(20-28)38(49)50;/h2-21,41-42H,39-40H2,1H3,(H,49,50)(H,51,52,53);/q;+1/b44-28-,46-43?,47-45?;. The second-order valence-electron chi connectivity index (χ2n) is 11.8. The maximum absolute atomic E-state index is 12.2. The molecule has 0 bridgehead atoms. The van der Waals surface area contributed by atoms with Crippen LogP contribution in [-0.4, -0.2) is 35.5 Å². The van der Waals surface area contributed by atoms with Gasteiger partial charge in [-0.3, -0.25) is 14.8 Å². The van der Waals surface area contributed by atoms with E-state index in [9.17, 15) is 22.6 Å². The Bertz CT molecular complexity index is 2540. The molecule has 0 amide bonds. The van der Waals surface area contributed by atoms with Crippen LogP contribution in [-0.2, 0) is 19.7 Å². The quantitative estimate of drug-likeness (QED) is 0.0186. The Kier molecular flexibility index (Phi) is 12.5. The molecule has 1 aliphatic rings. The van der Waals surface area contributed by atoms with Gasteiger partial charge in [0.2, 0.25) is 0 Å². The smallest absolute Gasteiger partial charge is 0.478 e. The molecule has 0 aliphatic heterocycles. The van der Waals surface area contributed by atoms with Crippen LogP contribution in [0.5, 0.6) is 0 Å². The van der Waals surface area contributed by atoms with Crippen molar-refractivity contribution in [3.8, 4) is 11.1 Å². The van der Waals surface area contributed by atoms with Crippen molar-refractivity contribution < 1.29 is 57.2 Å². The first kappa shape index (κ1) is 39.9. The summed E-state index contributed by atoms with van der Waals surface area (Å²) >= 11 is 0. The minimum Gasteiger partial charge on any atom is -0.478 e. The molecule has 0 radical (unpaired) electrons. The number of anilines is 5. The molecule has 0 unspecified atom stereocenters. The Morgan fingerprint density at radius 3 is 2.04 bits per heavy atom. The number of carboxylic acid groups (broad SMARTS) is 1. The molecule has 15 nitrogen and oxygen atoms in total. The number of nitrogens with zero attached hydrogens (tertiary/aromatic N) is 5. The molecule has 5 aromatic rings. The number of carbonyl (C=O) groups excluding carboxylic acids is 1. The summed E-state index contributed by atoms with van der Waals surface area (Å²) in [6.07, 6.45) is 3.80. The van der Waals surface area contributed by atoms with Gasteiger partial charge in [0.1, 0.15) is 21.8 Å². The third-order valence-corrected chi connectivity index (χ3v) is 8.89. The van der Waals surface area contributed by atoms with Gasteiger partial charge in [0, 0.05) is 5.69 Å². The van der Waals surface area contributed by atoms with E-state index in [1.807, 2.05) is 30.3 Å². The molecule has 1 aliphatic carbocycles. The molecule has 8 N–H and O–H groups in total. The van der Waals surface area contributed by atoms with E-state index in [0.717, 1.165) is 17.2 Å². The zero-order valence-electron chi connectivity index (χ0n) is 29.4. The molecule has 5 aromatic carbocycles. The summed E-state index contributed by atoms with van der Waals surface area (Å²) in [7, 11) is -4.63. The number of allylic oxidation sites excluding steroid dienone is 3. The zero-order valence-corrected chi connectivity index (χ0v) is 32.2. The van der Waals surface area contributed by atoms with Gasteiger partial charge >= 0.3 is 35.5 Å². The number of aliphatic carboxylic acids is 1. The average molecular weight is 765 g/mol. The second kappa shape index (κ2) is 17.2. The number of aryl methyl sites for hydroxylation is 1. The molecule has 0 aromatic heterocycles. The number of azo groups is 2. The minimum atomic E-state index is -4.63. The fourth-order valence-corrected chi connectivity index (χ4v) is 5.80. The average Bonchev–Trinajstić information content (AvgIpc) is 3.16. The van der Waals surface area contributed by atoms with Crippen LogP contribution >= 0.6 is 0 Å². The molecule has 0 spiro atoms. The van der Waals surface area contributed by atoms with Crippen LogP contribution in [0, 0.1) is 6.92 Å². The van der Waals surface area contributed by atoms with E-state index < -0.39 is 26.8 Å². The summed E-state index contributed by atoms with van der Waals surface area (Å²) in [5.74, 6) is -1.90. The summed E-state index contributed by atoms with van der Waals surface area (Å²) in [4.78, 5) is 22.5. The number of carbonyl (C=O) groups is 2. The van der Waals surface area contributed by atoms with E-state index >= 15 is 0 Å². The third kappa shape index (κ3) is 9.82. The van der Waals surface area contributed by atoms with E-state index in [2.05, 4.69) is 36.3 Å². The second-order valence-corrected chi connectivity index (χ2v) is 13.2. The van der Waals surface area contributed by atoms with Gasteiger partial charge in [-0.05, 0) is 103 Å². The molecule has 55 heavy (non-hydrogen) atoms. The largest absolute Gasteiger partial charge is 1.00 e. The predicted octanol–water partition coefficient (Wildman–Crippen LogP) is 5.57. The Balaban J connectivity index is 0.00000580. The Morgan fingerprint density at radius 1 is 0.745 bits per heavy atom. The number of hydrazone groups is 1. The Hall–Kier alpha value is -6.30. The summed E-state index contributed by atoms with van der Waals surface area (Å²) < 4.78 is 34.3. The third-order valence-electron chi connectivity index (χ3n) is 7.99. The summed E-state index contributed by atoms with van der Waals surface area (Å²) in [5.41, 5.74) is 20.8. The molecule has 17 heteroatoms. The van der Waals surface area contributed by atoms with Crippen LogP contribution in [0.1, 0.15) is 5.56 Å². The fourth-order valence-electron chi connectivity index (χ4n) is 5.13. The molecule has 0 saturated heterocycles. The number of para-hydroxylation sites is 1. The molecular weight excluding hydrogens is 734 g/mol. The van der Waals surface area contributed by atoms with Crippen molar-refractivity contribution in [1.29, 1.82) is 0 Å². The minimum absolute atomic E-state index is 0. The number of carboxylic acids is 1. The maximum Gasteiger partial charge on any atom is 1.00 e. The van der Waals surface area contributed by atoms with Crippen LogP contribution in [0.2, 0.25) is 0 Å². The number of hydrogen-bond acceptors (Lipinski definition) is 13. The number of ketones is 1. The van der Waals surface area contributed by atoms with Crippen molar-refractivity contribution in [2.75, 3.05) is 22.2 Å². The molecule has 6 rings (SSSR count). The van der Waals surface area contributed by atoms with Crippen molar-refractivity contribution in [2.45, 2.75) is 11.8 Å². The van der Waals surface area contributed by atoms with Gasteiger partial charge in [0.05, 0.1) is 39.8 Å². The SMILES string of the molecule is Cc1cc(N=Nc2ccc(-c3ccc(N/N=C4/C=CC(=O)C(C(=O)O)=C4)cc3)cc2)c(N)c(N=Nc2ccc(Nc3ccccc3)c(S(=O)(=O)O)c2)c1N.[Na+]. The van der Waals surface area contributed by atoms with Gasteiger partial charge in [-0.1, -0.05) is 42.5 Å². The van der Waals surface area contributed by atoms with E-state index in [0.29, 0.717) is 28.3 Å². The first-order valence-corrected chi connectivity index (χ1v) is 17.5. The van der Waals surface area contributed by atoms with Gasteiger partial charge in [0.25, 0.3) is 10.1 Å². The number of nitrogen functional groups attached to an aromatic ring is 2. The molecule has 270 valence electrons. The summed E-state index contributed by atoms with van der Waals surface area (Å²) in [6.45, 7) is 1.75. The van der Waals surface area contributed by atoms with Gasteiger partial charge in [-0.2, -0.15) is 23.7 Å². The molecular formula is C38H31N9NaO6S+. The normalized spacial score (nSPS) is 13.5. The zero-order chi connectivity index (χ0) is 38.4. The Labute approximate surface area is 337 Å². The van der Waals surface area contributed by atoms with Crippen LogP contribution in [0.3, 0.4) is 0 Å². The first-order valence-electron chi connectivity index (χ1n) is 16.0. The summed E-state index contributed by atoms with van der Waals surface area (Å²) in [5, 5.41) is 33.3. The predicted molar refractivity (Wildman–Crippen MR) is 207 cm³/mol. The van der Waals surface area contributed by atoms with Crippen LogP contribution in [0.15, 0.2) is 157 Å². The van der Waals surface area contributed by atoms with Crippen molar-refractivity contribution in [2.24, 2.45) is 25.6 Å². The maximum atomic E-state index is 12.2. The Morgan fingerprint density at radius 2 is 1.38 bits per heavy atom. The van der Waals surface area contributed by atoms with Gasteiger partial charge in [0.15, 0.2) is 5.78 Å². The number of rotatable bonds is 11. The van der Waals surface area contributed by atoms with Crippen molar-refractivity contribution in [3.05, 3.63) is 132 Å². The van der Waals surface area contributed by atoms with Gasteiger partial charge < -0.3 is 21.9 Å². The van der Waals surface area contributed by atoms with E-state index in [1.54, 1.807) is 61.5 Å². The van der Waals surface area contributed by atoms with E-state index in [1.165, 1.54) is 30.4 Å².